The molecule has 0 unspecified atom stereocenters. The summed E-state index contributed by atoms with van der Waals surface area (Å²) in [5, 5.41) is 1.31. The van der Waals surface area contributed by atoms with E-state index < -0.39 is 14.9 Å². The molecule has 0 amide bonds. The van der Waals surface area contributed by atoms with Crippen LogP contribution in [0, 0.1) is 25.9 Å². The zero-order chi connectivity index (χ0) is 41.0. The Labute approximate surface area is 347 Å². The van der Waals surface area contributed by atoms with Crippen LogP contribution in [0.2, 0.25) is 19.6 Å². The van der Waals surface area contributed by atoms with Gasteiger partial charge < -0.3 is 9.55 Å². The first kappa shape index (κ1) is 36.2. The number of nitrogens with zero attached hydrogens (tertiary/aromatic N) is 3. The molecule has 3 nitrogen and oxygen atoms in total. The Balaban J connectivity index is 0.000000230. The Morgan fingerprint density at radius 3 is 2.07 bits per heavy atom. The molecule has 0 N–H and O–H groups in total. The van der Waals surface area contributed by atoms with Crippen LogP contribution in [-0.2, 0) is 25.5 Å². The topological polar surface area (TPSA) is 30.7 Å². The normalized spacial score (nSPS) is 14.0. The first-order valence-electron chi connectivity index (χ1n) is 20.6. The molecule has 5 heteroatoms. The van der Waals surface area contributed by atoms with E-state index in [0.717, 1.165) is 33.7 Å². The molecule has 8 rings (SSSR count). The number of rotatable bonds is 6. The minimum Gasteiger partial charge on any atom is -0.333 e. The SMILES string of the molecule is Cc1cccc2c1-c1cc(-c3nc4ccccc4n3-c3c(C(C)C)cccc3C(C)C)[c-]cc1C2(C)C.[2H]C([2H])([2H])c1c[c-]c(-c2ccc([Si](C)(C)C)cn2)cc1.[Ir]. The molecule has 283 valence electrons. The van der Waals surface area contributed by atoms with Crippen molar-refractivity contribution < 1.29 is 24.2 Å². The van der Waals surface area contributed by atoms with Crippen molar-refractivity contribution in [3.63, 3.8) is 0 Å². The van der Waals surface area contributed by atoms with Gasteiger partial charge in [-0.05, 0) is 75.0 Å². The van der Waals surface area contributed by atoms with Gasteiger partial charge in [-0.15, -0.1) is 64.7 Å². The number of fused-ring (bicyclic) bond motifs is 4. The van der Waals surface area contributed by atoms with E-state index in [-0.39, 0.29) is 25.5 Å². The predicted molar refractivity (Wildman–Crippen MR) is 232 cm³/mol. The third-order valence-electron chi connectivity index (χ3n) is 10.9. The molecule has 0 saturated heterocycles. The van der Waals surface area contributed by atoms with Crippen LogP contribution in [0.1, 0.15) is 90.9 Å². The van der Waals surface area contributed by atoms with Gasteiger partial charge in [0.15, 0.2) is 0 Å². The molecule has 0 aliphatic heterocycles. The molecule has 2 heterocycles. The van der Waals surface area contributed by atoms with Crippen molar-refractivity contribution in [1.82, 2.24) is 14.5 Å². The van der Waals surface area contributed by atoms with E-state index in [4.69, 9.17) is 9.10 Å². The molecule has 0 atom stereocenters. The molecular formula is C50H53IrN3Si-2. The third-order valence-corrected chi connectivity index (χ3v) is 13.0. The van der Waals surface area contributed by atoms with Gasteiger partial charge in [-0.1, -0.05) is 134 Å². The number of aromatic nitrogens is 3. The molecule has 7 aromatic rings. The maximum Gasteiger partial charge on any atom is 0.0795 e. The standard InChI is InChI=1S/C35H35N2.C15H18NSi.Ir/c1-21(2)25-13-11-14-26(22(3)4)33(25)37-31-17-9-8-16-30(31)36-34(37)24-18-19-28-27(20-24)32-23(5)12-10-15-29(32)35(28,6)7;1-12-5-7-13(8-6-12)15-10-9-14(11-16-15)17(2,3)4;/h8-17,19-22H,1-7H3;5-7,9-11H,1-4H3;/q2*-1;/i;1D3;. The Kier molecular flexibility index (Phi) is 10.3. The third kappa shape index (κ3) is 7.60. The van der Waals surface area contributed by atoms with E-state index in [1.165, 1.54) is 55.9 Å². The average Bonchev–Trinajstić information content (AvgIpc) is 3.66. The van der Waals surface area contributed by atoms with Crippen LogP contribution in [0.4, 0.5) is 0 Å². The summed E-state index contributed by atoms with van der Waals surface area (Å²) in [7, 11) is -1.34. The fourth-order valence-corrected chi connectivity index (χ4v) is 8.85. The van der Waals surface area contributed by atoms with Crippen LogP contribution < -0.4 is 5.19 Å². The molecule has 1 aliphatic carbocycles. The second kappa shape index (κ2) is 15.6. The predicted octanol–water partition coefficient (Wildman–Crippen LogP) is 12.8. The maximum atomic E-state index is 7.35. The number of aryl methyl sites for hydroxylation is 2. The Hall–Kier alpha value is -4.41. The molecule has 0 fully saturated rings. The molecular weight excluding hydrogens is 863 g/mol. The Morgan fingerprint density at radius 1 is 0.764 bits per heavy atom. The Morgan fingerprint density at radius 2 is 1.45 bits per heavy atom. The maximum absolute atomic E-state index is 7.35. The molecule has 1 radical (unpaired) electrons. The van der Waals surface area contributed by atoms with Crippen molar-refractivity contribution in [2.24, 2.45) is 0 Å². The van der Waals surface area contributed by atoms with Gasteiger partial charge in [0.05, 0.1) is 24.9 Å². The number of benzene rings is 5. The fourth-order valence-electron chi connectivity index (χ4n) is 7.82. The zero-order valence-electron chi connectivity index (χ0n) is 36.7. The number of imidazole rings is 1. The molecule has 0 spiro atoms. The average molecular weight is 919 g/mol. The minimum absolute atomic E-state index is 0. The van der Waals surface area contributed by atoms with Crippen LogP contribution in [0.25, 0.3) is 50.5 Å². The quantitative estimate of drug-likeness (QED) is 0.123. The van der Waals surface area contributed by atoms with Crippen molar-refractivity contribution in [3.8, 4) is 39.5 Å². The van der Waals surface area contributed by atoms with Crippen LogP contribution in [0.5, 0.6) is 0 Å². The van der Waals surface area contributed by atoms with Crippen LogP contribution in [0.3, 0.4) is 0 Å². The van der Waals surface area contributed by atoms with Gasteiger partial charge in [0.2, 0.25) is 0 Å². The van der Waals surface area contributed by atoms with Gasteiger partial charge in [0, 0.05) is 36.1 Å². The summed E-state index contributed by atoms with van der Waals surface area (Å²) < 4.78 is 24.4. The van der Waals surface area contributed by atoms with E-state index in [2.05, 4.69) is 169 Å². The second-order valence-corrected chi connectivity index (χ2v) is 21.9. The summed E-state index contributed by atoms with van der Waals surface area (Å²) >= 11 is 0. The van der Waals surface area contributed by atoms with Gasteiger partial charge >= 0.3 is 0 Å². The smallest absolute Gasteiger partial charge is 0.0795 e. The molecule has 55 heavy (non-hydrogen) atoms. The number of pyridine rings is 1. The van der Waals surface area contributed by atoms with Gasteiger partial charge in [-0.2, -0.15) is 0 Å². The summed E-state index contributed by atoms with van der Waals surface area (Å²) in [5.74, 6) is 1.74. The zero-order valence-corrected chi connectivity index (χ0v) is 37.1. The van der Waals surface area contributed by atoms with Crippen LogP contribution in [0.15, 0.2) is 109 Å². The van der Waals surface area contributed by atoms with E-state index in [1.54, 1.807) is 12.1 Å². The van der Waals surface area contributed by atoms with Crippen molar-refractivity contribution in [1.29, 1.82) is 0 Å². The van der Waals surface area contributed by atoms with Gasteiger partial charge in [-0.25, -0.2) is 0 Å². The number of hydrogen-bond acceptors (Lipinski definition) is 2. The number of hydrogen-bond donors (Lipinski definition) is 0. The van der Waals surface area contributed by atoms with Crippen LogP contribution in [-0.4, -0.2) is 22.6 Å². The minimum atomic E-state index is -2.08. The van der Waals surface area contributed by atoms with E-state index in [0.29, 0.717) is 17.4 Å². The summed E-state index contributed by atoms with van der Waals surface area (Å²) in [5.41, 5.74) is 15.8. The Bertz CT molecular complexity index is 2500. The van der Waals surface area contributed by atoms with Crippen LogP contribution >= 0.6 is 0 Å². The first-order chi connectivity index (χ1) is 26.9. The summed E-state index contributed by atoms with van der Waals surface area (Å²) in [6, 6.07) is 42.2. The molecule has 0 bridgehead atoms. The first-order valence-corrected chi connectivity index (χ1v) is 22.6. The van der Waals surface area contributed by atoms with Gasteiger partial charge in [0.25, 0.3) is 0 Å². The monoisotopic (exact) mass is 919 g/mol. The van der Waals surface area contributed by atoms with E-state index in [9.17, 15) is 0 Å². The molecule has 2 aromatic heterocycles. The van der Waals surface area contributed by atoms with Crippen molar-refractivity contribution in [2.75, 3.05) is 0 Å². The summed E-state index contributed by atoms with van der Waals surface area (Å²) in [4.78, 5) is 9.70. The second-order valence-electron chi connectivity index (χ2n) is 16.8. The van der Waals surface area contributed by atoms with Gasteiger partial charge in [-0.3, -0.25) is 4.98 Å². The molecule has 0 saturated carbocycles. The molecule has 1 aliphatic rings. The summed E-state index contributed by atoms with van der Waals surface area (Å²) in [6.07, 6.45) is 1.92. The molecule has 5 aromatic carbocycles. The number of para-hydroxylation sites is 3. The largest absolute Gasteiger partial charge is 0.333 e. The summed E-state index contributed by atoms with van der Waals surface area (Å²) in [6.45, 7) is 20.8. The van der Waals surface area contributed by atoms with Crippen molar-refractivity contribution >= 4 is 24.3 Å². The van der Waals surface area contributed by atoms with E-state index in [1.807, 2.05) is 12.3 Å². The van der Waals surface area contributed by atoms with Crippen molar-refractivity contribution in [3.05, 3.63) is 155 Å². The van der Waals surface area contributed by atoms with Crippen molar-refractivity contribution in [2.45, 2.75) is 92.2 Å². The van der Waals surface area contributed by atoms with Gasteiger partial charge in [0.1, 0.15) is 0 Å². The van der Waals surface area contributed by atoms with E-state index >= 15 is 0 Å². The fraction of sp³-hybridized carbons (Fsp3) is 0.280.